The molecule has 2 aromatic carbocycles. The van der Waals surface area contributed by atoms with E-state index < -0.39 is 0 Å². The Kier molecular flexibility index (Phi) is 4.48. The van der Waals surface area contributed by atoms with Gasteiger partial charge in [-0.3, -0.25) is 4.57 Å². The first-order valence-corrected chi connectivity index (χ1v) is 8.65. The maximum atomic E-state index is 12.6. The van der Waals surface area contributed by atoms with Crippen LogP contribution >= 0.6 is 0 Å². The Hall–Kier alpha value is -4.11. The van der Waals surface area contributed by atoms with E-state index in [0.717, 1.165) is 22.2 Å². The number of benzene rings is 2. The van der Waals surface area contributed by atoms with Gasteiger partial charge in [0.15, 0.2) is 0 Å². The van der Waals surface area contributed by atoms with Crippen LogP contribution in [0, 0.1) is 18.3 Å². The van der Waals surface area contributed by atoms with E-state index in [1.54, 1.807) is 29.0 Å². The van der Waals surface area contributed by atoms with E-state index in [2.05, 4.69) is 10.3 Å². The topological polar surface area (TPSA) is 79.9 Å². The van der Waals surface area contributed by atoms with Crippen LogP contribution in [0.2, 0.25) is 0 Å². The molecule has 0 unspecified atom stereocenters. The van der Waals surface area contributed by atoms with Gasteiger partial charge in [0.1, 0.15) is 23.3 Å². The number of aryl methyl sites for hydroxylation is 1. The summed E-state index contributed by atoms with van der Waals surface area (Å²) in [6.45, 7) is 1.98. The minimum atomic E-state index is -0.234. The van der Waals surface area contributed by atoms with E-state index in [0.29, 0.717) is 11.5 Å². The number of hydrogen-bond acceptors (Lipinski definition) is 4. The highest BCUT2D eigenvalue weighted by Gasteiger charge is 2.10. The number of carbonyl (C=O) groups excluding carboxylic acids is 1. The highest BCUT2D eigenvalue weighted by atomic mass is 16.5. The molecule has 4 rings (SSSR count). The molecule has 0 fully saturated rings. The van der Waals surface area contributed by atoms with E-state index >= 15 is 0 Å². The van der Waals surface area contributed by atoms with E-state index in [1.807, 2.05) is 55.5 Å². The fourth-order valence-electron chi connectivity index (χ4n) is 2.94. The first-order valence-electron chi connectivity index (χ1n) is 8.65. The van der Waals surface area contributed by atoms with Crippen molar-refractivity contribution in [3.8, 4) is 17.6 Å². The summed E-state index contributed by atoms with van der Waals surface area (Å²) in [7, 11) is 0. The Morgan fingerprint density at radius 1 is 1.11 bits per heavy atom. The molecule has 1 amide bonds. The molecule has 4 aromatic rings. The third kappa shape index (κ3) is 3.55. The summed E-state index contributed by atoms with van der Waals surface area (Å²) >= 11 is 0. The van der Waals surface area contributed by atoms with E-state index in [-0.39, 0.29) is 11.7 Å². The number of fused-ring (bicyclic) bond motifs is 1. The Morgan fingerprint density at radius 2 is 1.96 bits per heavy atom. The Bertz CT molecular complexity index is 1220. The number of hydrogen-bond donors (Lipinski definition) is 1. The number of ether oxygens (including phenoxy) is 1. The van der Waals surface area contributed by atoms with Crippen molar-refractivity contribution in [2.45, 2.75) is 6.92 Å². The minimum absolute atomic E-state index is 0.234. The van der Waals surface area contributed by atoms with Crippen LogP contribution in [-0.4, -0.2) is 15.6 Å². The van der Waals surface area contributed by atoms with Crippen molar-refractivity contribution in [1.29, 1.82) is 5.26 Å². The maximum absolute atomic E-state index is 12.6. The highest BCUT2D eigenvalue weighted by molar-refractivity contribution is 5.98. The summed E-state index contributed by atoms with van der Waals surface area (Å²) < 4.78 is 7.36. The van der Waals surface area contributed by atoms with E-state index in [1.165, 1.54) is 6.20 Å². The molecule has 0 aliphatic heterocycles. The van der Waals surface area contributed by atoms with Gasteiger partial charge in [-0.1, -0.05) is 12.1 Å². The molecule has 28 heavy (non-hydrogen) atoms. The molecule has 0 aliphatic carbocycles. The molecular formula is C22H16N4O2. The van der Waals surface area contributed by atoms with Crippen LogP contribution in [0.15, 0.2) is 73.1 Å². The lowest BCUT2D eigenvalue weighted by Gasteiger charge is -2.09. The van der Waals surface area contributed by atoms with Gasteiger partial charge in [-0.05, 0) is 55.0 Å². The number of pyridine rings is 1. The number of nitrogens with one attached hydrogen (secondary N) is 1. The number of nitriles is 1. The Morgan fingerprint density at radius 3 is 2.79 bits per heavy atom. The van der Waals surface area contributed by atoms with Gasteiger partial charge in [0.2, 0.25) is 0 Å². The van der Waals surface area contributed by atoms with E-state index in [9.17, 15) is 4.79 Å². The zero-order valence-electron chi connectivity index (χ0n) is 15.1. The molecule has 136 valence electrons. The first kappa shape index (κ1) is 17.3. The second-order valence-corrected chi connectivity index (χ2v) is 6.30. The van der Waals surface area contributed by atoms with Crippen molar-refractivity contribution in [3.05, 3.63) is 84.3 Å². The van der Waals surface area contributed by atoms with Crippen LogP contribution in [0.25, 0.3) is 10.9 Å². The van der Waals surface area contributed by atoms with E-state index in [4.69, 9.17) is 10.00 Å². The lowest BCUT2D eigenvalue weighted by Crippen LogP contribution is -2.18. The second-order valence-electron chi connectivity index (χ2n) is 6.30. The zero-order chi connectivity index (χ0) is 19.5. The molecule has 0 spiro atoms. The van der Waals surface area contributed by atoms with Gasteiger partial charge >= 0.3 is 6.03 Å². The van der Waals surface area contributed by atoms with Crippen molar-refractivity contribution in [2.24, 2.45) is 0 Å². The Balaban J connectivity index is 1.57. The van der Waals surface area contributed by atoms with Gasteiger partial charge in [0.05, 0.1) is 5.52 Å². The third-order valence-electron chi connectivity index (χ3n) is 4.23. The summed E-state index contributed by atoms with van der Waals surface area (Å²) in [6.07, 6.45) is 3.25. The molecule has 0 aliphatic rings. The van der Waals surface area contributed by atoms with Gasteiger partial charge in [-0.2, -0.15) is 5.26 Å². The summed E-state index contributed by atoms with van der Waals surface area (Å²) in [6, 6.07) is 20.0. The van der Waals surface area contributed by atoms with Crippen molar-refractivity contribution in [2.75, 3.05) is 5.32 Å². The summed E-state index contributed by atoms with van der Waals surface area (Å²) in [5.41, 5.74) is 2.88. The van der Waals surface area contributed by atoms with Crippen molar-refractivity contribution in [3.63, 3.8) is 0 Å². The minimum Gasteiger partial charge on any atom is -0.457 e. The van der Waals surface area contributed by atoms with Crippen LogP contribution < -0.4 is 10.1 Å². The van der Waals surface area contributed by atoms with Crippen molar-refractivity contribution in [1.82, 2.24) is 9.55 Å². The largest absolute Gasteiger partial charge is 0.457 e. The number of amides is 1. The molecular weight excluding hydrogens is 352 g/mol. The van der Waals surface area contributed by atoms with Gasteiger partial charge in [0.25, 0.3) is 0 Å². The average molecular weight is 368 g/mol. The highest BCUT2D eigenvalue weighted by Crippen LogP contribution is 2.26. The average Bonchev–Trinajstić information content (AvgIpc) is 3.11. The zero-order valence-corrected chi connectivity index (χ0v) is 15.1. The van der Waals surface area contributed by atoms with Crippen molar-refractivity contribution < 1.29 is 9.53 Å². The van der Waals surface area contributed by atoms with Crippen molar-refractivity contribution >= 4 is 22.6 Å². The Labute approximate surface area is 161 Å². The van der Waals surface area contributed by atoms with Crippen LogP contribution in [0.1, 0.15) is 11.3 Å². The van der Waals surface area contributed by atoms with Crippen LogP contribution in [0.5, 0.6) is 11.5 Å². The van der Waals surface area contributed by atoms with Crippen LogP contribution in [-0.2, 0) is 0 Å². The molecule has 0 radical (unpaired) electrons. The smallest absolute Gasteiger partial charge is 0.330 e. The van der Waals surface area contributed by atoms with Crippen LogP contribution in [0.4, 0.5) is 10.5 Å². The predicted molar refractivity (Wildman–Crippen MR) is 107 cm³/mol. The summed E-state index contributed by atoms with van der Waals surface area (Å²) in [4.78, 5) is 16.6. The van der Waals surface area contributed by atoms with Crippen LogP contribution in [0.3, 0.4) is 0 Å². The lowest BCUT2D eigenvalue weighted by atomic mass is 10.2. The number of aromatic nitrogens is 2. The van der Waals surface area contributed by atoms with Gasteiger partial charge < -0.3 is 10.1 Å². The first-order chi connectivity index (χ1) is 13.6. The number of nitrogens with zero attached hydrogens (tertiary/aromatic N) is 3. The number of anilines is 1. The fraction of sp³-hybridized carbons (Fsp3) is 0.0455. The molecule has 2 heterocycles. The normalized spacial score (nSPS) is 10.4. The molecule has 0 atom stereocenters. The molecule has 2 aromatic heterocycles. The number of carbonyl (C=O) groups is 1. The summed E-state index contributed by atoms with van der Waals surface area (Å²) in [5.74, 6) is 1.14. The van der Waals surface area contributed by atoms with Gasteiger partial charge in [-0.15, -0.1) is 0 Å². The quantitative estimate of drug-likeness (QED) is 0.546. The standard InChI is InChI=1S/C22H16N4O2/c1-15-3-2-4-17(11-15)25-22(27)26-10-8-16-12-19(5-6-21(16)26)28-20-7-9-24-18(13-20)14-23/h2-13H,1H3,(H,25,27). The molecule has 6 heteroatoms. The lowest BCUT2D eigenvalue weighted by molar-refractivity contribution is 0.254. The number of rotatable bonds is 3. The third-order valence-corrected chi connectivity index (χ3v) is 4.23. The monoisotopic (exact) mass is 368 g/mol. The van der Waals surface area contributed by atoms with Gasteiger partial charge in [0, 0.05) is 29.5 Å². The SMILES string of the molecule is Cc1cccc(NC(=O)n2ccc3cc(Oc4ccnc(C#N)c4)ccc32)c1. The molecule has 0 saturated carbocycles. The summed E-state index contributed by atoms with van der Waals surface area (Å²) in [5, 5.41) is 12.7. The molecule has 0 bridgehead atoms. The fourth-order valence-corrected chi connectivity index (χ4v) is 2.94. The molecule has 0 saturated heterocycles. The molecule has 1 N–H and O–H groups in total. The second kappa shape index (κ2) is 7.25. The predicted octanol–water partition coefficient (Wildman–Crippen LogP) is 5.09. The maximum Gasteiger partial charge on any atom is 0.330 e. The van der Waals surface area contributed by atoms with Gasteiger partial charge in [-0.25, -0.2) is 9.78 Å². The molecule has 6 nitrogen and oxygen atoms in total.